The molecule has 1 aliphatic rings. The van der Waals surface area contributed by atoms with Gasteiger partial charge in [-0.3, -0.25) is 14.8 Å². The highest BCUT2D eigenvalue weighted by molar-refractivity contribution is 5.68. The van der Waals surface area contributed by atoms with Crippen molar-refractivity contribution >= 4 is 12.4 Å². The molecule has 1 rings (SSSR count). The second-order valence-corrected chi connectivity index (χ2v) is 3.76. The monoisotopic (exact) mass is 201 g/mol. The van der Waals surface area contributed by atoms with Gasteiger partial charge < -0.3 is 5.11 Å². The topological polar surface area (TPSA) is 77.8 Å². The van der Waals surface area contributed by atoms with E-state index in [4.69, 9.17) is 10.3 Å². The maximum atomic E-state index is 10.4. The van der Waals surface area contributed by atoms with Gasteiger partial charge in [-0.2, -0.15) is 0 Å². The van der Waals surface area contributed by atoms with Crippen molar-refractivity contribution in [2.24, 2.45) is 5.92 Å². The van der Waals surface area contributed by atoms with Crippen molar-refractivity contribution in [2.75, 3.05) is 0 Å². The van der Waals surface area contributed by atoms with Gasteiger partial charge >= 0.3 is 5.97 Å². The van der Waals surface area contributed by atoms with Crippen molar-refractivity contribution in [3.63, 3.8) is 0 Å². The van der Waals surface area contributed by atoms with Gasteiger partial charge in [0.05, 0.1) is 12.5 Å². The van der Waals surface area contributed by atoms with Crippen molar-refractivity contribution in [1.29, 1.82) is 0 Å². The van der Waals surface area contributed by atoms with E-state index in [1.54, 1.807) is 0 Å². The Hall–Kier alpha value is -1.10. The van der Waals surface area contributed by atoms with Crippen molar-refractivity contribution in [3.8, 4) is 0 Å². The lowest BCUT2D eigenvalue weighted by Crippen LogP contribution is -2.33. The van der Waals surface area contributed by atoms with Gasteiger partial charge in [-0.25, -0.2) is 5.06 Å². The van der Waals surface area contributed by atoms with E-state index in [-0.39, 0.29) is 12.8 Å². The van der Waals surface area contributed by atoms with Crippen LogP contribution in [0.5, 0.6) is 0 Å². The van der Waals surface area contributed by atoms with Crippen molar-refractivity contribution in [2.45, 2.75) is 38.1 Å². The maximum Gasteiger partial charge on any atom is 0.305 e. The zero-order valence-electron chi connectivity index (χ0n) is 7.93. The summed E-state index contributed by atoms with van der Waals surface area (Å²) in [7, 11) is 0. The molecule has 0 bridgehead atoms. The van der Waals surface area contributed by atoms with Crippen molar-refractivity contribution in [3.05, 3.63) is 0 Å². The molecule has 0 aromatic heterocycles. The summed E-state index contributed by atoms with van der Waals surface area (Å²) in [4.78, 5) is 20.7. The van der Waals surface area contributed by atoms with E-state index >= 15 is 0 Å². The quantitative estimate of drug-likeness (QED) is 0.364. The number of amides is 1. The Balaban J connectivity index is 2.33. The highest BCUT2D eigenvalue weighted by Gasteiger charge is 2.25. The summed E-state index contributed by atoms with van der Waals surface area (Å²) in [5.74, 6) is -0.321. The minimum Gasteiger partial charge on any atom is -0.481 e. The van der Waals surface area contributed by atoms with E-state index in [1.165, 1.54) is 12.8 Å². The van der Waals surface area contributed by atoms with Crippen LogP contribution in [0.4, 0.5) is 0 Å². The molecule has 1 atom stereocenters. The van der Waals surface area contributed by atoms with E-state index in [2.05, 4.69) is 0 Å². The molecule has 0 aromatic rings. The van der Waals surface area contributed by atoms with Crippen LogP contribution >= 0.6 is 0 Å². The maximum absolute atomic E-state index is 10.4. The molecule has 14 heavy (non-hydrogen) atoms. The normalized spacial score (nSPS) is 17.5. The Morgan fingerprint density at radius 1 is 1.57 bits per heavy atom. The summed E-state index contributed by atoms with van der Waals surface area (Å²) in [6.45, 7) is 0. The Kier molecular flexibility index (Phi) is 3.88. The first-order valence-electron chi connectivity index (χ1n) is 4.77. The molecule has 5 heteroatoms. The van der Waals surface area contributed by atoms with Crippen LogP contribution in [0, 0.1) is 5.92 Å². The van der Waals surface area contributed by atoms with Gasteiger partial charge in [-0.05, 0) is 18.8 Å². The van der Waals surface area contributed by atoms with Gasteiger partial charge in [-0.15, -0.1) is 0 Å². The number of hydrogen-bond acceptors (Lipinski definition) is 3. The molecule has 0 spiro atoms. The molecule has 0 aliphatic heterocycles. The van der Waals surface area contributed by atoms with Crippen LogP contribution in [0.15, 0.2) is 0 Å². The fraction of sp³-hybridized carbons (Fsp3) is 0.778. The summed E-state index contributed by atoms with van der Waals surface area (Å²) in [5, 5.41) is 18.1. The molecule has 2 N–H and O–H groups in total. The van der Waals surface area contributed by atoms with Crippen LogP contribution in [0.2, 0.25) is 0 Å². The third-order valence-corrected chi connectivity index (χ3v) is 2.50. The SMILES string of the molecule is O=CN(O)C(CCC1CC1)CC(=O)O. The fourth-order valence-electron chi connectivity index (χ4n) is 1.45. The number of carboxylic acids is 1. The molecule has 0 saturated heterocycles. The highest BCUT2D eigenvalue weighted by atomic mass is 16.5. The smallest absolute Gasteiger partial charge is 0.305 e. The molecule has 1 aliphatic carbocycles. The standard InChI is InChI=1S/C9H15NO4/c11-6-10(14)8(5-9(12)13)4-3-7-1-2-7/h6-8,14H,1-5H2,(H,12,13). The first-order valence-corrected chi connectivity index (χ1v) is 4.77. The van der Waals surface area contributed by atoms with Gasteiger partial charge in [-0.1, -0.05) is 12.8 Å². The van der Waals surface area contributed by atoms with E-state index in [1.807, 2.05) is 0 Å². The third kappa shape index (κ3) is 3.74. The number of hydroxylamine groups is 2. The van der Waals surface area contributed by atoms with Gasteiger partial charge in [0.15, 0.2) is 0 Å². The van der Waals surface area contributed by atoms with Crippen LogP contribution in [-0.4, -0.2) is 33.8 Å². The molecule has 80 valence electrons. The van der Waals surface area contributed by atoms with E-state index in [0.717, 1.165) is 6.42 Å². The number of carboxylic acid groups (broad SMARTS) is 1. The predicted molar refractivity (Wildman–Crippen MR) is 47.7 cm³/mol. The predicted octanol–water partition coefficient (Wildman–Crippen LogP) is 0.867. The lowest BCUT2D eigenvalue weighted by atomic mass is 10.1. The Morgan fingerprint density at radius 3 is 2.64 bits per heavy atom. The number of nitrogens with zero attached hydrogens (tertiary/aromatic N) is 1. The molecule has 5 nitrogen and oxygen atoms in total. The number of rotatable bonds is 7. The lowest BCUT2D eigenvalue weighted by Gasteiger charge is -2.20. The first kappa shape index (κ1) is 11.0. The number of hydrogen-bond donors (Lipinski definition) is 2. The van der Waals surface area contributed by atoms with Crippen LogP contribution < -0.4 is 0 Å². The highest BCUT2D eigenvalue weighted by Crippen LogP contribution is 2.34. The van der Waals surface area contributed by atoms with Gasteiger partial charge in [0.25, 0.3) is 0 Å². The zero-order chi connectivity index (χ0) is 10.6. The molecule has 1 fully saturated rings. The van der Waals surface area contributed by atoms with Crippen LogP contribution in [-0.2, 0) is 9.59 Å². The van der Waals surface area contributed by atoms with Crippen LogP contribution in [0.1, 0.15) is 32.1 Å². The molecular formula is C9H15NO4. The van der Waals surface area contributed by atoms with Crippen LogP contribution in [0.3, 0.4) is 0 Å². The lowest BCUT2D eigenvalue weighted by molar-refractivity contribution is -0.165. The average molecular weight is 201 g/mol. The first-order chi connectivity index (χ1) is 6.63. The number of carbonyl (C=O) groups excluding carboxylic acids is 1. The Bertz CT molecular complexity index is 215. The second kappa shape index (κ2) is 4.95. The van der Waals surface area contributed by atoms with Gasteiger partial charge in [0, 0.05) is 0 Å². The largest absolute Gasteiger partial charge is 0.481 e. The molecule has 0 heterocycles. The molecule has 0 aromatic carbocycles. The van der Waals surface area contributed by atoms with Crippen molar-refractivity contribution in [1.82, 2.24) is 5.06 Å². The van der Waals surface area contributed by atoms with E-state index in [0.29, 0.717) is 17.4 Å². The van der Waals surface area contributed by atoms with Crippen molar-refractivity contribution < 1.29 is 19.9 Å². The molecular weight excluding hydrogens is 186 g/mol. The minimum absolute atomic E-state index is 0.192. The summed E-state index contributed by atoms with van der Waals surface area (Å²) in [6, 6.07) is -0.578. The molecule has 1 unspecified atom stereocenters. The molecule has 1 saturated carbocycles. The number of carbonyl (C=O) groups is 2. The van der Waals surface area contributed by atoms with E-state index in [9.17, 15) is 9.59 Å². The molecule has 1 amide bonds. The van der Waals surface area contributed by atoms with Gasteiger partial charge in [0.2, 0.25) is 6.41 Å². The second-order valence-electron chi connectivity index (χ2n) is 3.76. The average Bonchev–Trinajstić information content (AvgIpc) is 2.93. The Labute approximate surface area is 82.3 Å². The minimum atomic E-state index is -0.994. The van der Waals surface area contributed by atoms with Gasteiger partial charge in [0.1, 0.15) is 0 Å². The summed E-state index contributed by atoms with van der Waals surface area (Å²) < 4.78 is 0. The molecule has 0 radical (unpaired) electrons. The Morgan fingerprint density at radius 2 is 2.21 bits per heavy atom. The summed E-state index contributed by atoms with van der Waals surface area (Å²) in [6.07, 6.45) is 3.90. The third-order valence-electron chi connectivity index (χ3n) is 2.50. The summed E-state index contributed by atoms with van der Waals surface area (Å²) >= 11 is 0. The van der Waals surface area contributed by atoms with Crippen LogP contribution in [0.25, 0.3) is 0 Å². The van der Waals surface area contributed by atoms with E-state index < -0.39 is 12.0 Å². The fourth-order valence-corrected chi connectivity index (χ4v) is 1.45. The number of aliphatic carboxylic acids is 1. The zero-order valence-corrected chi connectivity index (χ0v) is 7.93. The summed E-state index contributed by atoms with van der Waals surface area (Å²) in [5.41, 5.74) is 0.